The molecule has 20 heavy (non-hydrogen) atoms. The molecular formula is C13H21N7. The number of rotatable bonds is 8. The highest BCUT2D eigenvalue weighted by atomic mass is 15.3. The molecule has 2 aromatic heterocycles. The van der Waals surface area contributed by atoms with Crippen molar-refractivity contribution in [1.29, 1.82) is 0 Å². The molecule has 4 N–H and O–H groups in total. The molecule has 0 aliphatic rings. The van der Waals surface area contributed by atoms with Gasteiger partial charge in [0.2, 0.25) is 0 Å². The summed E-state index contributed by atoms with van der Waals surface area (Å²) in [4.78, 5) is 8.77. The van der Waals surface area contributed by atoms with E-state index in [2.05, 4.69) is 32.7 Å². The number of hydrazine groups is 1. The van der Waals surface area contributed by atoms with E-state index in [4.69, 9.17) is 5.84 Å². The maximum absolute atomic E-state index is 5.42. The summed E-state index contributed by atoms with van der Waals surface area (Å²) < 4.78 is 1.91. The molecule has 7 heteroatoms. The minimum atomic E-state index is 0.637. The average molecular weight is 275 g/mol. The number of nitrogens with two attached hydrogens (primary N) is 1. The molecule has 0 radical (unpaired) electrons. The van der Waals surface area contributed by atoms with E-state index in [1.165, 1.54) is 0 Å². The zero-order chi connectivity index (χ0) is 14.2. The van der Waals surface area contributed by atoms with E-state index in [1.54, 1.807) is 6.20 Å². The highest BCUT2D eigenvalue weighted by Gasteiger charge is 2.03. The Hall–Kier alpha value is -2.15. The Morgan fingerprint density at radius 2 is 2.15 bits per heavy atom. The van der Waals surface area contributed by atoms with E-state index in [-0.39, 0.29) is 0 Å². The van der Waals surface area contributed by atoms with Crippen LogP contribution in [-0.2, 0) is 13.0 Å². The van der Waals surface area contributed by atoms with Gasteiger partial charge in [0.15, 0.2) is 0 Å². The van der Waals surface area contributed by atoms with Crippen LogP contribution in [0.15, 0.2) is 24.5 Å². The fourth-order valence-corrected chi connectivity index (χ4v) is 1.89. The summed E-state index contributed by atoms with van der Waals surface area (Å²) in [5.74, 6) is 7.67. The first kappa shape index (κ1) is 14.3. The standard InChI is InChI=1S/C13H21N7/c1-2-5-11-17-12(10-13(18-11)19-14)15-6-3-8-20-9-4-7-16-20/h4,7,9-10H,2-3,5-6,8,14H2,1H3,(H2,15,17,18,19). The van der Waals surface area contributed by atoms with Gasteiger partial charge >= 0.3 is 0 Å². The predicted octanol–water partition coefficient (Wildman–Crippen LogP) is 1.41. The van der Waals surface area contributed by atoms with Gasteiger partial charge in [0.25, 0.3) is 0 Å². The molecule has 0 saturated carbocycles. The SMILES string of the molecule is CCCc1nc(NN)cc(NCCCn2cccn2)n1. The molecule has 0 aliphatic heterocycles. The molecule has 0 bridgehead atoms. The third-order valence-electron chi connectivity index (χ3n) is 2.82. The van der Waals surface area contributed by atoms with E-state index >= 15 is 0 Å². The topological polar surface area (TPSA) is 93.7 Å². The van der Waals surface area contributed by atoms with Crippen LogP contribution in [0.5, 0.6) is 0 Å². The van der Waals surface area contributed by atoms with Crippen LogP contribution < -0.4 is 16.6 Å². The quantitative estimate of drug-likeness (QED) is 0.383. The molecule has 108 valence electrons. The lowest BCUT2D eigenvalue weighted by Crippen LogP contribution is -2.13. The van der Waals surface area contributed by atoms with Crippen molar-refractivity contribution in [3.05, 3.63) is 30.4 Å². The molecule has 2 aromatic rings. The van der Waals surface area contributed by atoms with Gasteiger partial charge in [-0.2, -0.15) is 5.10 Å². The van der Waals surface area contributed by atoms with Crippen LogP contribution in [0.3, 0.4) is 0 Å². The first-order valence-electron chi connectivity index (χ1n) is 6.87. The van der Waals surface area contributed by atoms with Crippen molar-refractivity contribution in [3.63, 3.8) is 0 Å². The van der Waals surface area contributed by atoms with Crippen molar-refractivity contribution in [2.24, 2.45) is 5.84 Å². The second kappa shape index (κ2) is 7.44. The lowest BCUT2D eigenvalue weighted by atomic mass is 10.3. The summed E-state index contributed by atoms with van der Waals surface area (Å²) in [6.07, 6.45) is 6.57. The van der Waals surface area contributed by atoms with Crippen molar-refractivity contribution < 1.29 is 0 Å². The zero-order valence-electron chi connectivity index (χ0n) is 11.7. The third kappa shape index (κ3) is 4.20. The minimum absolute atomic E-state index is 0.637. The maximum Gasteiger partial charge on any atom is 0.145 e. The Balaban J connectivity index is 1.86. The number of nitrogens with one attached hydrogen (secondary N) is 2. The monoisotopic (exact) mass is 275 g/mol. The van der Waals surface area contributed by atoms with Gasteiger partial charge in [-0.1, -0.05) is 6.92 Å². The second-order valence-electron chi connectivity index (χ2n) is 4.50. The summed E-state index contributed by atoms with van der Waals surface area (Å²) in [5, 5.41) is 7.46. The summed E-state index contributed by atoms with van der Waals surface area (Å²) in [6, 6.07) is 3.74. The Morgan fingerprint density at radius 3 is 2.85 bits per heavy atom. The lowest BCUT2D eigenvalue weighted by molar-refractivity contribution is 0.591. The minimum Gasteiger partial charge on any atom is -0.370 e. The molecular weight excluding hydrogens is 254 g/mol. The lowest BCUT2D eigenvalue weighted by Gasteiger charge is -2.09. The van der Waals surface area contributed by atoms with Crippen LogP contribution in [0.1, 0.15) is 25.6 Å². The largest absolute Gasteiger partial charge is 0.370 e. The highest BCUT2D eigenvalue weighted by molar-refractivity contribution is 5.46. The molecule has 2 rings (SSSR count). The molecule has 0 saturated heterocycles. The number of hydrogen-bond donors (Lipinski definition) is 3. The van der Waals surface area contributed by atoms with E-state index < -0.39 is 0 Å². The van der Waals surface area contributed by atoms with Gasteiger partial charge in [0, 0.05) is 38.0 Å². The summed E-state index contributed by atoms with van der Waals surface area (Å²) in [7, 11) is 0. The van der Waals surface area contributed by atoms with Crippen LogP contribution in [0.4, 0.5) is 11.6 Å². The number of aryl methyl sites for hydroxylation is 2. The van der Waals surface area contributed by atoms with Crippen LogP contribution in [0.25, 0.3) is 0 Å². The molecule has 0 aliphatic carbocycles. The van der Waals surface area contributed by atoms with Crippen molar-refractivity contribution in [2.45, 2.75) is 32.7 Å². The van der Waals surface area contributed by atoms with E-state index in [0.717, 1.165) is 44.0 Å². The zero-order valence-corrected chi connectivity index (χ0v) is 11.7. The molecule has 0 spiro atoms. The molecule has 7 nitrogen and oxygen atoms in total. The van der Waals surface area contributed by atoms with Gasteiger partial charge in [-0.15, -0.1) is 0 Å². The molecule has 2 heterocycles. The highest BCUT2D eigenvalue weighted by Crippen LogP contribution is 2.11. The van der Waals surface area contributed by atoms with E-state index in [9.17, 15) is 0 Å². The molecule has 0 amide bonds. The van der Waals surface area contributed by atoms with Gasteiger partial charge in [-0.25, -0.2) is 15.8 Å². The number of hydrogen-bond acceptors (Lipinski definition) is 6. The van der Waals surface area contributed by atoms with Crippen molar-refractivity contribution in [3.8, 4) is 0 Å². The molecule has 0 aromatic carbocycles. The Bertz CT molecular complexity index is 509. The number of anilines is 2. The van der Waals surface area contributed by atoms with Gasteiger partial charge < -0.3 is 10.7 Å². The molecule has 0 fully saturated rings. The first-order valence-corrected chi connectivity index (χ1v) is 6.87. The van der Waals surface area contributed by atoms with Crippen molar-refractivity contribution in [1.82, 2.24) is 19.7 Å². The normalized spacial score (nSPS) is 10.5. The molecule has 0 atom stereocenters. The van der Waals surface area contributed by atoms with Gasteiger partial charge in [-0.05, 0) is 18.9 Å². The average Bonchev–Trinajstić information content (AvgIpc) is 2.97. The van der Waals surface area contributed by atoms with Gasteiger partial charge in [0.05, 0.1) is 0 Å². The van der Waals surface area contributed by atoms with Gasteiger partial charge in [-0.3, -0.25) is 4.68 Å². The molecule has 0 unspecified atom stereocenters. The number of aromatic nitrogens is 4. The smallest absolute Gasteiger partial charge is 0.145 e. The Kier molecular flexibility index (Phi) is 5.31. The van der Waals surface area contributed by atoms with E-state index in [1.807, 2.05) is 23.0 Å². The summed E-state index contributed by atoms with van der Waals surface area (Å²) in [6.45, 7) is 3.81. The fraction of sp³-hybridized carbons (Fsp3) is 0.462. The summed E-state index contributed by atoms with van der Waals surface area (Å²) >= 11 is 0. The maximum atomic E-state index is 5.42. The van der Waals surface area contributed by atoms with Crippen LogP contribution in [0.2, 0.25) is 0 Å². The van der Waals surface area contributed by atoms with E-state index in [0.29, 0.717) is 5.82 Å². The van der Waals surface area contributed by atoms with Crippen molar-refractivity contribution in [2.75, 3.05) is 17.3 Å². The van der Waals surface area contributed by atoms with Crippen molar-refractivity contribution >= 4 is 11.6 Å². The summed E-state index contributed by atoms with van der Waals surface area (Å²) in [5.41, 5.74) is 2.57. The Morgan fingerprint density at radius 1 is 1.30 bits per heavy atom. The third-order valence-corrected chi connectivity index (χ3v) is 2.82. The number of nitrogens with zero attached hydrogens (tertiary/aromatic N) is 4. The van der Waals surface area contributed by atoms with Crippen LogP contribution in [0, 0.1) is 0 Å². The van der Waals surface area contributed by atoms with Crippen LogP contribution in [-0.4, -0.2) is 26.3 Å². The number of nitrogen functional groups attached to an aromatic ring is 1. The second-order valence-corrected chi connectivity index (χ2v) is 4.50. The predicted molar refractivity (Wildman–Crippen MR) is 79.2 cm³/mol. The first-order chi connectivity index (χ1) is 9.81. The van der Waals surface area contributed by atoms with Crippen LogP contribution >= 0.6 is 0 Å². The Labute approximate surface area is 118 Å². The fourth-order valence-electron chi connectivity index (χ4n) is 1.89. The van der Waals surface area contributed by atoms with Gasteiger partial charge in [0.1, 0.15) is 17.5 Å².